The normalized spacial score (nSPS) is 10.3. The molecule has 0 aromatic carbocycles. The van der Waals surface area contributed by atoms with Crippen LogP contribution in [0.15, 0.2) is 0 Å². The van der Waals surface area contributed by atoms with Crippen molar-refractivity contribution in [3.63, 3.8) is 0 Å². The predicted octanol–water partition coefficient (Wildman–Crippen LogP) is 2.27. The Bertz CT molecular complexity index is 25.7. The molecule has 0 heterocycles. The van der Waals surface area contributed by atoms with Crippen molar-refractivity contribution in [2.24, 2.45) is 0 Å². The summed E-state index contributed by atoms with van der Waals surface area (Å²) in [6.45, 7) is 7.01. The zero-order valence-electron chi connectivity index (χ0n) is 5.62. The molecule has 1 heteroatoms. The number of rotatable bonds is 3. The van der Waals surface area contributed by atoms with Gasteiger partial charge in [-0.2, -0.15) is 0 Å². The first-order valence-corrected chi connectivity index (χ1v) is 7.63. The second-order valence-corrected chi connectivity index (χ2v) is 9.41. The Morgan fingerprint density at radius 3 is 1.14 bits per heavy atom. The van der Waals surface area contributed by atoms with Crippen molar-refractivity contribution >= 4 is 14.7 Å². The van der Waals surface area contributed by atoms with E-state index in [1.165, 1.54) is 15.6 Å². The van der Waals surface area contributed by atoms with Crippen LogP contribution in [0.2, 0.25) is 15.6 Å². The van der Waals surface area contributed by atoms with E-state index in [-0.39, 0.29) is 0 Å². The fourth-order valence-electron chi connectivity index (χ4n) is 0.750. The van der Waals surface area contributed by atoms with Gasteiger partial charge in [0.2, 0.25) is 0 Å². The topological polar surface area (TPSA) is 0 Å². The Morgan fingerprint density at radius 1 is 0.857 bits per heavy atom. The van der Waals surface area contributed by atoms with Crippen LogP contribution in [0.4, 0.5) is 0 Å². The van der Waals surface area contributed by atoms with Crippen LogP contribution in [0.25, 0.3) is 0 Å². The van der Waals surface area contributed by atoms with Crippen LogP contribution in [0.3, 0.4) is 0 Å². The first-order valence-electron chi connectivity index (χ1n) is 3.18. The van der Waals surface area contributed by atoms with E-state index < -0.39 is 14.7 Å². The van der Waals surface area contributed by atoms with Gasteiger partial charge in [0.15, 0.2) is 0 Å². The minimum absolute atomic E-state index is 0.403. The molecule has 0 N–H and O–H groups in total. The summed E-state index contributed by atoms with van der Waals surface area (Å²) in [4.78, 5) is 0. The van der Waals surface area contributed by atoms with Crippen LogP contribution in [-0.2, 0) is 0 Å². The van der Waals surface area contributed by atoms with E-state index in [1.54, 1.807) is 0 Å². The molecule has 0 spiro atoms. The van der Waals surface area contributed by atoms with Gasteiger partial charge in [0.25, 0.3) is 0 Å². The Balaban J connectivity index is 2.99. The van der Waals surface area contributed by atoms with Gasteiger partial charge in [-0.1, -0.05) is 0 Å². The Morgan fingerprint density at radius 2 is 1.14 bits per heavy atom. The van der Waals surface area contributed by atoms with Gasteiger partial charge in [-0.15, -0.1) is 0 Å². The fraction of sp³-hybridized carbons (Fsp3) is 1.00. The van der Waals surface area contributed by atoms with Crippen molar-refractivity contribution < 1.29 is 0 Å². The summed E-state index contributed by atoms with van der Waals surface area (Å²) in [5.74, 6) is 0. The maximum atomic E-state index is 2.34. The molecular weight excluding hydrogens is 147 g/mol. The van der Waals surface area contributed by atoms with Crippen molar-refractivity contribution in [2.45, 2.75) is 36.4 Å². The van der Waals surface area contributed by atoms with Crippen LogP contribution in [-0.4, -0.2) is 14.7 Å². The Labute approximate surface area is 51.6 Å². The van der Waals surface area contributed by atoms with Crippen LogP contribution in [0.1, 0.15) is 20.8 Å². The summed E-state index contributed by atoms with van der Waals surface area (Å²) in [6, 6.07) is 0. The molecular formula is C6H16As. The summed E-state index contributed by atoms with van der Waals surface area (Å²) >= 11 is -0.403. The molecule has 1 radical (unpaired) electrons. The van der Waals surface area contributed by atoms with Gasteiger partial charge in [-0.3, -0.25) is 0 Å². The van der Waals surface area contributed by atoms with Gasteiger partial charge < -0.3 is 0 Å². The summed E-state index contributed by atoms with van der Waals surface area (Å²) in [5.41, 5.74) is 0. The molecule has 0 aliphatic rings. The Hall–Kier alpha value is 0.558. The number of hydrogen-bond donors (Lipinski definition) is 0. The Kier molecular flexibility index (Phi) is 5.09. The molecule has 0 aliphatic heterocycles. The third-order valence-corrected chi connectivity index (χ3v) is 7.79. The summed E-state index contributed by atoms with van der Waals surface area (Å²) in [5, 5.41) is 4.56. The number of hydrogen-bond acceptors (Lipinski definition) is 0. The summed E-state index contributed by atoms with van der Waals surface area (Å²) < 4.78 is 0. The van der Waals surface area contributed by atoms with E-state index in [2.05, 4.69) is 20.8 Å². The van der Waals surface area contributed by atoms with E-state index in [9.17, 15) is 0 Å². The molecule has 0 aromatic heterocycles. The van der Waals surface area contributed by atoms with Gasteiger partial charge in [0.1, 0.15) is 0 Å². The molecule has 0 unspecified atom stereocenters. The predicted molar refractivity (Wildman–Crippen MR) is 38.6 cm³/mol. The van der Waals surface area contributed by atoms with Crippen molar-refractivity contribution in [2.75, 3.05) is 0 Å². The maximum absolute atomic E-state index is 2.34. The molecule has 0 rings (SSSR count). The third kappa shape index (κ3) is 3.17. The fourth-order valence-corrected chi connectivity index (χ4v) is 3.90. The van der Waals surface area contributed by atoms with Gasteiger partial charge in [-0.25, -0.2) is 0 Å². The van der Waals surface area contributed by atoms with E-state index in [4.69, 9.17) is 0 Å². The van der Waals surface area contributed by atoms with Crippen LogP contribution in [0, 0.1) is 0 Å². The van der Waals surface area contributed by atoms with E-state index in [0.717, 1.165) is 0 Å². The second kappa shape index (κ2) is 4.71. The molecule has 0 aromatic rings. The van der Waals surface area contributed by atoms with E-state index in [1.807, 2.05) is 0 Å². The van der Waals surface area contributed by atoms with Crippen LogP contribution in [0.5, 0.6) is 0 Å². The van der Waals surface area contributed by atoms with Crippen molar-refractivity contribution in [1.82, 2.24) is 0 Å². The van der Waals surface area contributed by atoms with Gasteiger partial charge in [-0.05, 0) is 0 Å². The van der Waals surface area contributed by atoms with Crippen molar-refractivity contribution in [3.8, 4) is 0 Å². The van der Waals surface area contributed by atoms with Gasteiger partial charge >= 0.3 is 51.0 Å². The van der Waals surface area contributed by atoms with Gasteiger partial charge in [0.05, 0.1) is 0 Å². The van der Waals surface area contributed by atoms with Gasteiger partial charge in [0, 0.05) is 0 Å². The average Bonchev–Trinajstić information content (AvgIpc) is 1.72. The summed E-state index contributed by atoms with van der Waals surface area (Å²) in [6.07, 6.45) is 0. The van der Waals surface area contributed by atoms with E-state index >= 15 is 0 Å². The van der Waals surface area contributed by atoms with E-state index in [0.29, 0.717) is 0 Å². The summed E-state index contributed by atoms with van der Waals surface area (Å²) in [7, 11) is 0. The van der Waals surface area contributed by atoms with Crippen molar-refractivity contribution in [3.05, 3.63) is 0 Å². The third-order valence-electron chi connectivity index (χ3n) is 1.50. The standard InChI is InChI=1S/C6H16As/c1-4-7(5-2)6-3/h7H,4-6H2,1-3H3. The molecule has 0 saturated heterocycles. The molecule has 45 valence electrons. The molecule has 0 amide bonds. The monoisotopic (exact) mass is 163 g/mol. The van der Waals surface area contributed by atoms with Crippen LogP contribution < -0.4 is 0 Å². The molecule has 0 bridgehead atoms. The second-order valence-electron chi connectivity index (χ2n) is 1.81. The first kappa shape index (κ1) is 7.56. The SMILES string of the molecule is CC[AsH](CC)CC. The molecule has 0 atom stereocenters. The molecule has 0 nitrogen and oxygen atoms in total. The molecule has 0 aliphatic carbocycles. The molecule has 0 fully saturated rings. The zero-order chi connectivity index (χ0) is 5.70. The minimum atomic E-state index is -0.403. The molecule has 0 saturated carbocycles. The molecule has 7 heavy (non-hydrogen) atoms. The van der Waals surface area contributed by atoms with Crippen molar-refractivity contribution in [1.29, 1.82) is 0 Å². The van der Waals surface area contributed by atoms with Crippen LogP contribution >= 0.6 is 0 Å². The quantitative estimate of drug-likeness (QED) is 0.560. The zero-order valence-corrected chi connectivity index (χ0v) is 7.72. The average molecular weight is 163 g/mol. The first-order chi connectivity index (χ1) is 3.35.